The number of halogens is 1. The van der Waals surface area contributed by atoms with Gasteiger partial charge in [-0.3, -0.25) is 4.79 Å². The van der Waals surface area contributed by atoms with Crippen LogP contribution in [0.5, 0.6) is 0 Å². The summed E-state index contributed by atoms with van der Waals surface area (Å²) in [6.07, 6.45) is -0.240. The van der Waals surface area contributed by atoms with Crippen molar-refractivity contribution in [2.75, 3.05) is 33.4 Å². The summed E-state index contributed by atoms with van der Waals surface area (Å²) in [5, 5.41) is 8.39. The van der Waals surface area contributed by atoms with Gasteiger partial charge in [0, 0.05) is 13.1 Å². The quantitative estimate of drug-likeness (QED) is 0.694. The van der Waals surface area contributed by atoms with Crippen molar-refractivity contribution in [3.8, 4) is 0 Å². The van der Waals surface area contributed by atoms with Crippen molar-refractivity contribution in [1.29, 1.82) is 0 Å². The minimum Gasteiger partial charge on any atom is -0.481 e. The van der Waals surface area contributed by atoms with Crippen LogP contribution in [-0.2, 0) is 9.53 Å². The van der Waals surface area contributed by atoms with E-state index in [2.05, 4.69) is 0 Å². The number of hydrogen-bond donors (Lipinski definition) is 1. The Morgan fingerprint density at radius 2 is 2.33 bits per heavy atom. The van der Waals surface area contributed by atoms with E-state index < -0.39 is 12.1 Å². The van der Waals surface area contributed by atoms with Crippen LogP contribution in [0.3, 0.4) is 0 Å². The van der Waals surface area contributed by atoms with E-state index >= 15 is 0 Å². The number of alkyl halides is 1. The highest BCUT2D eigenvalue weighted by atomic mass is 19.1. The van der Waals surface area contributed by atoms with Crippen LogP contribution in [-0.4, -0.2) is 55.5 Å². The smallest absolute Gasteiger partial charge is 0.305 e. The van der Waals surface area contributed by atoms with Crippen LogP contribution in [0.1, 0.15) is 12.8 Å². The van der Waals surface area contributed by atoms with Gasteiger partial charge in [-0.2, -0.15) is 0 Å². The first-order valence-electron chi connectivity index (χ1n) is 5.20. The van der Waals surface area contributed by atoms with Gasteiger partial charge in [-0.05, 0) is 19.4 Å². The van der Waals surface area contributed by atoms with Crippen molar-refractivity contribution < 1.29 is 19.0 Å². The molecule has 0 aromatic heterocycles. The standard InChI is InChI=1S/C10H18FNO3/c1-12-5-8(4-9(11)6-12)7-15-3-2-10(13)14/h8-9H,2-7H2,1H3,(H,13,14). The number of aliphatic carboxylic acids is 1. The van der Waals surface area contributed by atoms with Crippen LogP contribution in [0.15, 0.2) is 0 Å². The van der Waals surface area contributed by atoms with Crippen molar-refractivity contribution in [1.82, 2.24) is 4.90 Å². The summed E-state index contributed by atoms with van der Waals surface area (Å²) in [4.78, 5) is 12.2. The van der Waals surface area contributed by atoms with Crippen molar-refractivity contribution in [3.63, 3.8) is 0 Å². The van der Waals surface area contributed by atoms with Crippen molar-refractivity contribution in [2.24, 2.45) is 5.92 Å². The zero-order chi connectivity index (χ0) is 11.3. The van der Waals surface area contributed by atoms with E-state index in [1.807, 2.05) is 11.9 Å². The minimum absolute atomic E-state index is 0.0155. The van der Waals surface area contributed by atoms with Crippen molar-refractivity contribution in [2.45, 2.75) is 19.0 Å². The Kier molecular flexibility index (Phi) is 4.98. The lowest BCUT2D eigenvalue weighted by molar-refractivity contribution is -0.138. The number of likely N-dealkylation sites (tertiary alicyclic amines) is 1. The van der Waals surface area contributed by atoms with Gasteiger partial charge in [0.25, 0.3) is 0 Å². The van der Waals surface area contributed by atoms with Gasteiger partial charge in [0.05, 0.1) is 19.6 Å². The summed E-state index contributed by atoms with van der Waals surface area (Å²) >= 11 is 0. The molecule has 0 radical (unpaired) electrons. The molecule has 1 rings (SSSR count). The Morgan fingerprint density at radius 1 is 1.60 bits per heavy atom. The lowest BCUT2D eigenvalue weighted by atomic mass is 9.98. The van der Waals surface area contributed by atoms with Gasteiger partial charge in [-0.15, -0.1) is 0 Å². The van der Waals surface area contributed by atoms with Gasteiger partial charge >= 0.3 is 5.97 Å². The second-order valence-electron chi connectivity index (χ2n) is 4.14. The number of nitrogens with zero attached hydrogens (tertiary/aromatic N) is 1. The number of hydrogen-bond acceptors (Lipinski definition) is 3. The number of carboxylic acid groups (broad SMARTS) is 1. The Balaban J connectivity index is 2.12. The third-order valence-corrected chi connectivity index (χ3v) is 2.48. The minimum atomic E-state index is -0.862. The zero-order valence-corrected chi connectivity index (χ0v) is 8.99. The van der Waals surface area contributed by atoms with E-state index in [0.717, 1.165) is 6.54 Å². The molecule has 1 saturated heterocycles. The monoisotopic (exact) mass is 219 g/mol. The molecule has 0 bridgehead atoms. The molecule has 2 unspecified atom stereocenters. The van der Waals surface area contributed by atoms with Crippen molar-refractivity contribution in [3.05, 3.63) is 0 Å². The van der Waals surface area contributed by atoms with E-state index in [9.17, 15) is 9.18 Å². The molecule has 1 aliphatic rings. The van der Waals surface area contributed by atoms with Gasteiger partial charge in [-0.25, -0.2) is 4.39 Å². The highest BCUT2D eigenvalue weighted by Gasteiger charge is 2.24. The maximum atomic E-state index is 13.1. The average Bonchev–Trinajstić information content (AvgIpc) is 2.10. The predicted molar refractivity (Wildman–Crippen MR) is 53.6 cm³/mol. The molecule has 0 aromatic rings. The molecule has 2 atom stereocenters. The topological polar surface area (TPSA) is 49.8 Å². The largest absolute Gasteiger partial charge is 0.481 e. The fraction of sp³-hybridized carbons (Fsp3) is 0.900. The van der Waals surface area contributed by atoms with Crippen LogP contribution < -0.4 is 0 Å². The lowest BCUT2D eigenvalue weighted by Crippen LogP contribution is -2.40. The van der Waals surface area contributed by atoms with Gasteiger partial charge < -0.3 is 14.7 Å². The summed E-state index contributed by atoms with van der Waals surface area (Å²) in [5.41, 5.74) is 0. The Bertz CT molecular complexity index is 203. The normalized spacial score (nSPS) is 27.9. The van der Waals surface area contributed by atoms with E-state index in [-0.39, 0.29) is 18.9 Å². The summed E-state index contributed by atoms with van der Waals surface area (Å²) in [5.74, 6) is -0.674. The number of ether oxygens (including phenoxy) is 1. The summed E-state index contributed by atoms with van der Waals surface area (Å²) in [6, 6.07) is 0. The Labute approximate surface area is 89.0 Å². The van der Waals surface area contributed by atoms with Gasteiger partial charge in [0.2, 0.25) is 0 Å². The van der Waals surface area contributed by atoms with Gasteiger partial charge in [0.15, 0.2) is 0 Å². The van der Waals surface area contributed by atoms with E-state index in [4.69, 9.17) is 9.84 Å². The van der Waals surface area contributed by atoms with E-state index in [0.29, 0.717) is 19.6 Å². The molecule has 88 valence electrons. The lowest BCUT2D eigenvalue weighted by Gasteiger charge is -2.31. The first-order chi connectivity index (χ1) is 7.08. The average molecular weight is 219 g/mol. The molecule has 0 aliphatic carbocycles. The van der Waals surface area contributed by atoms with E-state index in [1.165, 1.54) is 0 Å². The van der Waals surface area contributed by atoms with Crippen LogP contribution in [0.4, 0.5) is 4.39 Å². The fourth-order valence-electron chi connectivity index (χ4n) is 1.89. The molecule has 1 N–H and O–H groups in total. The summed E-state index contributed by atoms with van der Waals surface area (Å²) < 4.78 is 18.3. The Morgan fingerprint density at radius 3 is 2.93 bits per heavy atom. The molecule has 15 heavy (non-hydrogen) atoms. The molecule has 4 nitrogen and oxygen atoms in total. The number of carbonyl (C=O) groups is 1. The first-order valence-corrected chi connectivity index (χ1v) is 5.20. The predicted octanol–water partition coefficient (Wildman–Crippen LogP) is 0.767. The number of carboxylic acids is 1. The molecular weight excluding hydrogens is 201 g/mol. The number of piperidine rings is 1. The molecule has 1 aliphatic heterocycles. The SMILES string of the molecule is CN1CC(F)CC(COCCC(=O)O)C1. The maximum Gasteiger partial charge on any atom is 0.305 e. The number of rotatable bonds is 5. The van der Waals surface area contributed by atoms with Crippen LogP contribution in [0.2, 0.25) is 0 Å². The highest BCUT2D eigenvalue weighted by molar-refractivity contribution is 5.66. The second-order valence-corrected chi connectivity index (χ2v) is 4.14. The molecule has 1 heterocycles. The third-order valence-electron chi connectivity index (χ3n) is 2.48. The molecule has 0 aromatic carbocycles. The second kappa shape index (κ2) is 6.02. The molecule has 0 amide bonds. The van der Waals surface area contributed by atoms with Crippen LogP contribution >= 0.6 is 0 Å². The molecule has 0 spiro atoms. The maximum absolute atomic E-state index is 13.1. The first kappa shape index (κ1) is 12.4. The highest BCUT2D eigenvalue weighted by Crippen LogP contribution is 2.18. The van der Waals surface area contributed by atoms with Gasteiger partial charge in [0.1, 0.15) is 6.17 Å². The molecule has 1 fully saturated rings. The molecule has 5 heteroatoms. The van der Waals surface area contributed by atoms with Crippen LogP contribution in [0, 0.1) is 5.92 Å². The zero-order valence-electron chi connectivity index (χ0n) is 8.99. The summed E-state index contributed by atoms with van der Waals surface area (Å²) in [7, 11) is 1.88. The molecular formula is C10H18FNO3. The van der Waals surface area contributed by atoms with Crippen molar-refractivity contribution >= 4 is 5.97 Å². The third kappa shape index (κ3) is 5.09. The van der Waals surface area contributed by atoms with Crippen LogP contribution in [0.25, 0.3) is 0 Å². The van der Waals surface area contributed by atoms with E-state index in [1.54, 1.807) is 0 Å². The van der Waals surface area contributed by atoms with Gasteiger partial charge in [-0.1, -0.05) is 0 Å². The molecule has 0 saturated carbocycles. The summed E-state index contributed by atoms with van der Waals surface area (Å²) in [6.45, 7) is 1.99. The fourth-order valence-corrected chi connectivity index (χ4v) is 1.89. The Hall–Kier alpha value is -0.680.